The molecule has 14 heteroatoms. The summed E-state index contributed by atoms with van der Waals surface area (Å²) in [4.78, 5) is 5.28. The lowest BCUT2D eigenvalue weighted by Crippen LogP contribution is -2.64. The predicted octanol–water partition coefficient (Wildman–Crippen LogP) is -0.175. The van der Waals surface area contributed by atoms with Gasteiger partial charge in [-0.25, -0.2) is 0 Å². The summed E-state index contributed by atoms with van der Waals surface area (Å²) >= 11 is 0. The van der Waals surface area contributed by atoms with Crippen LogP contribution >= 0.6 is 0 Å². The molecule has 0 spiro atoms. The van der Waals surface area contributed by atoms with Gasteiger partial charge in [-0.15, -0.1) is 0 Å². The number of aliphatic hydroxyl groups excluding tert-OH is 5. The predicted molar refractivity (Wildman–Crippen MR) is 99.5 cm³/mol. The van der Waals surface area contributed by atoms with Crippen molar-refractivity contribution in [3.63, 3.8) is 0 Å². The molecule has 11 atom stereocenters. The molecule has 0 radical (unpaired) electrons. The average molecular weight is 432 g/mol. The van der Waals surface area contributed by atoms with E-state index in [9.17, 15) is 25.5 Å². The van der Waals surface area contributed by atoms with Crippen molar-refractivity contribution in [1.82, 2.24) is 0 Å². The fraction of sp³-hybridized carbons (Fsp3) is 1.00. The molecule has 4 unspecified atom stereocenters. The fourth-order valence-corrected chi connectivity index (χ4v) is 3.58. The summed E-state index contributed by atoms with van der Waals surface area (Å²) in [6.07, 6.45) is -11.9. The van der Waals surface area contributed by atoms with Gasteiger partial charge in [-0.2, -0.15) is 0 Å². The van der Waals surface area contributed by atoms with E-state index < -0.39 is 67.4 Å². The summed E-state index contributed by atoms with van der Waals surface area (Å²) < 4.78 is 16.7. The summed E-state index contributed by atoms with van der Waals surface area (Å²) in [5, 5.41) is 58.1. The van der Waals surface area contributed by atoms with Crippen LogP contribution in [0.4, 0.5) is 0 Å². The topological polar surface area (TPSA) is 226 Å². The number of nitrogens with zero attached hydrogens (tertiary/aromatic N) is 6. The highest BCUT2D eigenvalue weighted by Gasteiger charge is 2.51. The standard InChI is InChI=1S/C16H28N6O8/c1-3-4-5-7-9(24)11(26)14(15(28-7)20-22-18)30-16-8(19-21-17)10(25)12(27)13(29-16)6(2)23/h6-16,23-27H,3-5H2,1-2H3/t6-,7+,8?,9?,10-,11-,12+,13?,14+,15?,16-/m1/s1. The second-order valence-electron chi connectivity index (χ2n) is 7.38. The molecule has 0 aromatic rings. The number of azide groups is 2. The number of ether oxygens (including phenoxy) is 3. The lowest BCUT2D eigenvalue weighted by atomic mass is 9.93. The van der Waals surface area contributed by atoms with Gasteiger partial charge in [0.25, 0.3) is 0 Å². The minimum atomic E-state index is -1.65. The molecule has 0 amide bonds. The van der Waals surface area contributed by atoms with Gasteiger partial charge in [0.1, 0.15) is 36.6 Å². The van der Waals surface area contributed by atoms with E-state index in [0.717, 1.165) is 6.42 Å². The summed E-state index contributed by atoms with van der Waals surface area (Å²) in [7, 11) is 0. The zero-order valence-electron chi connectivity index (χ0n) is 16.6. The van der Waals surface area contributed by atoms with Crippen LogP contribution in [0.15, 0.2) is 10.2 Å². The Bertz CT molecular complexity index is 658. The van der Waals surface area contributed by atoms with E-state index in [1.54, 1.807) is 0 Å². The molecule has 2 saturated heterocycles. The van der Waals surface area contributed by atoms with Crippen LogP contribution in [0.5, 0.6) is 0 Å². The van der Waals surface area contributed by atoms with Crippen molar-refractivity contribution in [2.45, 2.75) is 101 Å². The molecule has 2 rings (SSSR count). The first-order chi connectivity index (χ1) is 14.3. The Morgan fingerprint density at radius 2 is 1.67 bits per heavy atom. The number of aliphatic hydroxyl groups is 5. The van der Waals surface area contributed by atoms with Crippen molar-refractivity contribution in [3.8, 4) is 0 Å². The van der Waals surface area contributed by atoms with Crippen LogP contribution in [0.3, 0.4) is 0 Å². The van der Waals surface area contributed by atoms with Gasteiger partial charge in [-0.05, 0) is 24.4 Å². The molecular formula is C16H28N6O8. The minimum Gasteiger partial charge on any atom is -0.391 e. The third-order valence-electron chi connectivity index (χ3n) is 5.23. The van der Waals surface area contributed by atoms with Crippen LogP contribution in [0.2, 0.25) is 0 Å². The molecular weight excluding hydrogens is 404 g/mol. The van der Waals surface area contributed by atoms with Crippen molar-refractivity contribution in [1.29, 1.82) is 0 Å². The third kappa shape index (κ3) is 5.31. The van der Waals surface area contributed by atoms with Crippen LogP contribution < -0.4 is 0 Å². The Hall–Kier alpha value is -1.70. The SMILES string of the molecule is CCCC[C@@H]1OC(N=[N+]=[N-])[C@@H](O[C@H]2OC([C@@H](C)O)[C@@H](O)[C@H](O)C2N=[N+]=[N-])[C@H](O)C1O. The first-order valence-corrected chi connectivity index (χ1v) is 9.71. The second-order valence-corrected chi connectivity index (χ2v) is 7.38. The molecule has 14 nitrogen and oxygen atoms in total. The van der Waals surface area contributed by atoms with E-state index in [1.807, 2.05) is 6.92 Å². The maximum Gasteiger partial charge on any atom is 0.169 e. The summed E-state index contributed by atoms with van der Waals surface area (Å²) in [5.74, 6) is 0. The Kier molecular flexibility index (Phi) is 9.07. The first kappa shape index (κ1) is 24.6. The van der Waals surface area contributed by atoms with Crippen LogP contribution in [0.1, 0.15) is 33.1 Å². The van der Waals surface area contributed by atoms with E-state index in [1.165, 1.54) is 6.92 Å². The van der Waals surface area contributed by atoms with Crippen LogP contribution in [-0.2, 0) is 14.2 Å². The molecule has 0 aromatic carbocycles. The number of unbranched alkanes of at least 4 members (excludes halogenated alkanes) is 1. The fourth-order valence-electron chi connectivity index (χ4n) is 3.58. The highest BCUT2D eigenvalue weighted by molar-refractivity contribution is 4.98. The number of hydrogen-bond donors (Lipinski definition) is 5. The summed E-state index contributed by atoms with van der Waals surface area (Å²) in [5.41, 5.74) is 17.7. The maximum atomic E-state index is 10.6. The molecule has 2 aliphatic heterocycles. The van der Waals surface area contributed by atoms with E-state index in [0.29, 0.717) is 12.8 Å². The van der Waals surface area contributed by atoms with Gasteiger partial charge in [0.2, 0.25) is 0 Å². The van der Waals surface area contributed by atoms with Gasteiger partial charge in [-0.3, -0.25) is 0 Å². The molecule has 5 N–H and O–H groups in total. The number of hydrogen-bond acceptors (Lipinski definition) is 10. The normalized spacial score (nSPS) is 42.6. The molecule has 2 aliphatic rings. The van der Waals surface area contributed by atoms with Gasteiger partial charge in [-0.1, -0.05) is 30.0 Å². The largest absolute Gasteiger partial charge is 0.391 e. The highest BCUT2D eigenvalue weighted by atomic mass is 16.7. The third-order valence-corrected chi connectivity index (χ3v) is 5.23. The second kappa shape index (κ2) is 11.1. The molecule has 2 heterocycles. The molecule has 30 heavy (non-hydrogen) atoms. The van der Waals surface area contributed by atoms with E-state index in [4.69, 9.17) is 25.3 Å². The summed E-state index contributed by atoms with van der Waals surface area (Å²) in [6, 6.07) is -1.45. The van der Waals surface area contributed by atoms with Crippen molar-refractivity contribution in [3.05, 3.63) is 20.9 Å². The smallest absolute Gasteiger partial charge is 0.169 e. The van der Waals surface area contributed by atoms with Gasteiger partial charge in [0.15, 0.2) is 12.5 Å². The quantitative estimate of drug-likeness (QED) is 0.196. The lowest BCUT2D eigenvalue weighted by molar-refractivity contribution is -0.322. The molecule has 0 bridgehead atoms. The van der Waals surface area contributed by atoms with Gasteiger partial charge in [0, 0.05) is 9.82 Å². The summed E-state index contributed by atoms with van der Waals surface area (Å²) in [6.45, 7) is 3.26. The first-order valence-electron chi connectivity index (χ1n) is 9.71. The lowest BCUT2D eigenvalue weighted by Gasteiger charge is -2.46. The average Bonchev–Trinajstić information content (AvgIpc) is 2.71. The zero-order valence-corrected chi connectivity index (χ0v) is 16.6. The van der Waals surface area contributed by atoms with Gasteiger partial charge >= 0.3 is 0 Å². The Morgan fingerprint density at radius 1 is 1.00 bits per heavy atom. The van der Waals surface area contributed by atoms with Crippen LogP contribution in [-0.4, -0.2) is 92.9 Å². The van der Waals surface area contributed by atoms with Crippen LogP contribution in [0.25, 0.3) is 20.9 Å². The minimum absolute atomic E-state index is 0.412. The molecule has 0 aliphatic carbocycles. The van der Waals surface area contributed by atoms with E-state index in [-0.39, 0.29) is 0 Å². The van der Waals surface area contributed by atoms with E-state index >= 15 is 0 Å². The molecule has 170 valence electrons. The Labute approximate surface area is 172 Å². The van der Waals surface area contributed by atoms with Crippen LogP contribution in [0, 0.1) is 0 Å². The van der Waals surface area contributed by atoms with Gasteiger partial charge in [0.05, 0.1) is 18.3 Å². The molecule has 0 saturated carbocycles. The zero-order chi connectivity index (χ0) is 22.4. The van der Waals surface area contributed by atoms with Gasteiger partial charge < -0.3 is 39.7 Å². The molecule has 2 fully saturated rings. The number of rotatable bonds is 8. The van der Waals surface area contributed by atoms with Crippen molar-refractivity contribution < 1.29 is 39.7 Å². The van der Waals surface area contributed by atoms with E-state index in [2.05, 4.69) is 20.1 Å². The van der Waals surface area contributed by atoms with Crippen molar-refractivity contribution >= 4 is 0 Å². The van der Waals surface area contributed by atoms with Crippen molar-refractivity contribution in [2.75, 3.05) is 0 Å². The Morgan fingerprint density at radius 3 is 2.23 bits per heavy atom. The molecule has 0 aromatic heterocycles. The van der Waals surface area contributed by atoms with Crippen molar-refractivity contribution in [2.24, 2.45) is 10.2 Å². The maximum absolute atomic E-state index is 10.6. The highest BCUT2D eigenvalue weighted by Crippen LogP contribution is 2.32. The Balaban J connectivity index is 2.28. The monoisotopic (exact) mass is 432 g/mol.